The number of benzene rings is 1. The Morgan fingerprint density at radius 3 is 2.62 bits per heavy atom. The summed E-state index contributed by atoms with van der Waals surface area (Å²) in [6, 6.07) is 3.89. The molecule has 0 bridgehead atoms. The highest BCUT2D eigenvalue weighted by molar-refractivity contribution is 6.36. The molecule has 5 aromatic rings. The van der Waals surface area contributed by atoms with Crippen LogP contribution in [0.15, 0.2) is 43.0 Å². The van der Waals surface area contributed by atoms with Crippen LogP contribution in [0.25, 0.3) is 16.7 Å². The van der Waals surface area contributed by atoms with E-state index in [9.17, 15) is 13.2 Å². The minimum absolute atomic E-state index is 0.198. The number of ether oxygens (including phenoxy) is 1. The number of alkyl halides is 3. The minimum Gasteiger partial charge on any atom is -0.450 e. The molecule has 9 nitrogen and oxygen atoms in total. The summed E-state index contributed by atoms with van der Waals surface area (Å²) in [5.41, 5.74) is 1.17. The maximum Gasteiger partial charge on any atom is 0.416 e. The maximum atomic E-state index is 13.7. The monoisotopic (exact) mass is 578 g/mol. The summed E-state index contributed by atoms with van der Waals surface area (Å²) >= 11 is 12.9. The molecule has 1 N–H and O–H groups in total. The molecule has 5 rings (SSSR count). The molecule has 0 radical (unpaired) electrons. The fraction of sp³-hybridized carbons (Fsp3) is 0.280. The van der Waals surface area contributed by atoms with Crippen LogP contribution in [0.4, 0.5) is 24.8 Å². The van der Waals surface area contributed by atoms with E-state index in [2.05, 4.69) is 25.4 Å². The molecule has 0 saturated carbocycles. The van der Waals surface area contributed by atoms with Crippen molar-refractivity contribution in [3.05, 3.63) is 64.3 Å². The van der Waals surface area contributed by atoms with Gasteiger partial charge >= 0.3 is 6.18 Å². The summed E-state index contributed by atoms with van der Waals surface area (Å²) in [6.07, 6.45) is 2.39. The van der Waals surface area contributed by atoms with Gasteiger partial charge in [0.2, 0.25) is 5.95 Å². The van der Waals surface area contributed by atoms with Gasteiger partial charge in [0.05, 0.1) is 18.0 Å². The summed E-state index contributed by atoms with van der Waals surface area (Å²) in [5, 5.41) is 7.59. The van der Waals surface area contributed by atoms with Crippen molar-refractivity contribution in [2.45, 2.75) is 26.1 Å². The first-order valence-corrected chi connectivity index (χ1v) is 12.6. The Morgan fingerprint density at radius 1 is 1.08 bits per heavy atom. The van der Waals surface area contributed by atoms with Crippen LogP contribution in [0, 0.1) is 0 Å². The van der Waals surface area contributed by atoms with Crippen molar-refractivity contribution < 1.29 is 17.9 Å². The number of anilines is 2. The third-order valence-electron chi connectivity index (χ3n) is 6.01. The standard InChI is InChI=1S/C25H23Cl2F3N8O/c1-4-6-36(2)13-14-8-15(25(28,29)30)10-16(9-14)34-24-35-23-21(37(24)3)19(26)17(11-32-23)39-18-12-33-38-7-5-31-22(27)20(18)38/h5,7-12H,4,6,13H2,1-3H3,(H,32,34,35). The SMILES string of the molecule is CCCN(C)Cc1cc(Nc2nc3ncc(Oc4cnn5ccnc(Cl)c45)c(Cl)c3n2C)cc(C(F)(F)F)c1. The largest absolute Gasteiger partial charge is 0.450 e. The van der Waals surface area contributed by atoms with Gasteiger partial charge in [-0.15, -0.1) is 0 Å². The van der Waals surface area contributed by atoms with Gasteiger partial charge < -0.3 is 19.5 Å². The van der Waals surface area contributed by atoms with Crippen LogP contribution in [0.2, 0.25) is 10.2 Å². The topological polar surface area (TPSA) is 85.4 Å². The van der Waals surface area contributed by atoms with Gasteiger partial charge in [-0.1, -0.05) is 30.1 Å². The third kappa shape index (κ3) is 5.45. The Morgan fingerprint density at radius 2 is 1.87 bits per heavy atom. The van der Waals surface area contributed by atoms with E-state index in [0.29, 0.717) is 28.9 Å². The van der Waals surface area contributed by atoms with Crippen molar-refractivity contribution in [1.29, 1.82) is 0 Å². The second-order valence-corrected chi connectivity index (χ2v) is 9.74. The number of imidazole rings is 1. The molecule has 0 atom stereocenters. The van der Waals surface area contributed by atoms with Crippen molar-refractivity contribution >= 4 is 51.5 Å². The van der Waals surface area contributed by atoms with Crippen LogP contribution in [-0.4, -0.2) is 47.6 Å². The van der Waals surface area contributed by atoms with Gasteiger partial charge in [-0.3, -0.25) is 0 Å². The van der Waals surface area contributed by atoms with Crippen molar-refractivity contribution in [2.75, 3.05) is 18.9 Å². The fourth-order valence-electron chi connectivity index (χ4n) is 4.29. The normalized spacial score (nSPS) is 12.1. The van der Waals surface area contributed by atoms with E-state index in [1.165, 1.54) is 23.1 Å². The quantitative estimate of drug-likeness (QED) is 0.219. The van der Waals surface area contributed by atoms with Gasteiger partial charge in [-0.2, -0.15) is 23.3 Å². The number of hydrogen-bond donors (Lipinski definition) is 1. The molecule has 0 saturated heterocycles. The molecule has 0 aliphatic rings. The number of aromatic nitrogens is 6. The lowest BCUT2D eigenvalue weighted by Gasteiger charge is -2.18. The highest BCUT2D eigenvalue weighted by Gasteiger charge is 2.31. The predicted octanol–water partition coefficient (Wildman–Crippen LogP) is 6.71. The molecule has 0 spiro atoms. The van der Waals surface area contributed by atoms with Gasteiger partial charge in [0, 0.05) is 31.7 Å². The lowest BCUT2D eigenvalue weighted by Crippen LogP contribution is -2.19. The summed E-state index contributed by atoms with van der Waals surface area (Å²) in [7, 11) is 3.54. The molecule has 4 heterocycles. The lowest BCUT2D eigenvalue weighted by molar-refractivity contribution is -0.137. The Hall–Kier alpha value is -3.61. The van der Waals surface area contributed by atoms with Crippen molar-refractivity contribution in [3.63, 3.8) is 0 Å². The second kappa shape index (κ2) is 10.5. The number of hydrogen-bond acceptors (Lipinski definition) is 7. The first kappa shape index (κ1) is 27.0. The van der Waals surface area contributed by atoms with E-state index in [4.69, 9.17) is 27.9 Å². The smallest absolute Gasteiger partial charge is 0.416 e. The van der Waals surface area contributed by atoms with Crippen LogP contribution in [-0.2, 0) is 19.8 Å². The van der Waals surface area contributed by atoms with Crippen LogP contribution in [0.5, 0.6) is 11.5 Å². The summed E-state index contributed by atoms with van der Waals surface area (Å²) in [5.74, 6) is 0.794. The van der Waals surface area contributed by atoms with Crippen molar-refractivity contribution in [2.24, 2.45) is 7.05 Å². The van der Waals surface area contributed by atoms with Gasteiger partial charge in [0.15, 0.2) is 22.3 Å². The second-order valence-electron chi connectivity index (χ2n) is 9.00. The first-order chi connectivity index (χ1) is 18.5. The Bertz CT molecular complexity index is 1670. The molecule has 1 aromatic carbocycles. The Balaban J connectivity index is 1.49. The van der Waals surface area contributed by atoms with E-state index in [0.717, 1.165) is 25.1 Å². The highest BCUT2D eigenvalue weighted by atomic mass is 35.5. The molecule has 0 unspecified atom stereocenters. The lowest BCUT2D eigenvalue weighted by atomic mass is 10.1. The Labute approximate surface area is 231 Å². The maximum absolute atomic E-state index is 13.7. The van der Waals surface area contributed by atoms with Gasteiger partial charge in [0.25, 0.3) is 0 Å². The fourth-order valence-corrected chi connectivity index (χ4v) is 4.82. The Kier molecular flexibility index (Phi) is 7.27. The highest BCUT2D eigenvalue weighted by Crippen LogP contribution is 2.38. The molecule has 4 aromatic heterocycles. The molecule has 204 valence electrons. The third-order valence-corrected chi connectivity index (χ3v) is 6.65. The number of fused-ring (bicyclic) bond motifs is 2. The molecule has 0 amide bonds. The number of nitrogens with one attached hydrogen (secondary N) is 1. The first-order valence-electron chi connectivity index (χ1n) is 11.9. The zero-order valence-electron chi connectivity index (χ0n) is 21.1. The van der Waals surface area contributed by atoms with Crippen LogP contribution in [0.1, 0.15) is 24.5 Å². The number of aryl methyl sites for hydroxylation is 1. The number of rotatable bonds is 8. The van der Waals surface area contributed by atoms with Crippen molar-refractivity contribution in [1.82, 2.24) is 34.0 Å². The molecule has 0 aliphatic carbocycles. The minimum atomic E-state index is -4.50. The van der Waals surface area contributed by atoms with E-state index in [1.807, 2.05) is 18.9 Å². The number of nitrogens with zero attached hydrogens (tertiary/aromatic N) is 7. The molecular weight excluding hydrogens is 556 g/mol. The predicted molar refractivity (Wildman–Crippen MR) is 143 cm³/mol. The van der Waals surface area contributed by atoms with E-state index in [1.54, 1.807) is 23.9 Å². The summed E-state index contributed by atoms with van der Waals surface area (Å²) < 4.78 is 50.1. The van der Waals surface area contributed by atoms with Gasteiger partial charge in [-0.05, 0) is 43.8 Å². The molecule has 14 heteroatoms. The molecule has 39 heavy (non-hydrogen) atoms. The average Bonchev–Trinajstić information content (AvgIpc) is 3.42. The number of pyridine rings is 1. The molecule has 0 fully saturated rings. The average molecular weight is 579 g/mol. The van der Waals surface area contributed by atoms with E-state index >= 15 is 0 Å². The van der Waals surface area contributed by atoms with Crippen molar-refractivity contribution in [3.8, 4) is 11.5 Å². The summed E-state index contributed by atoms with van der Waals surface area (Å²) in [4.78, 5) is 14.8. The van der Waals surface area contributed by atoms with E-state index < -0.39 is 11.7 Å². The molecule has 0 aliphatic heterocycles. The summed E-state index contributed by atoms with van der Waals surface area (Å²) in [6.45, 7) is 3.14. The van der Waals surface area contributed by atoms with Gasteiger partial charge in [0.1, 0.15) is 16.1 Å². The van der Waals surface area contributed by atoms with Crippen LogP contribution in [0.3, 0.4) is 0 Å². The van der Waals surface area contributed by atoms with Gasteiger partial charge in [-0.25, -0.2) is 14.5 Å². The zero-order valence-corrected chi connectivity index (χ0v) is 22.6. The number of halogens is 5. The van der Waals surface area contributed by atoms with Crippen LogP contribution >= 0.6 is 23.2 Å². The van der Waals surface area contributed by atoms with Crippen LogP contribution < -0.4 is 10.1 Å². The van der Waals surface area contributed by atoms with E-state index in [-0.39, 0.29) is 33.2 Å². The molecular formula is C25H23Cl2F3N8O. The zero-order chi connectivity index (χ0) is 27.9.